The van der Waals surface area contributed by atoms with Crippen molar-refractivity contribution < 1.29 is 14.3 Å². The Kier molecular flexibility index (Phi) is 5.73. The van der Waals surface area contributed by atoms with Crippen LogP contribution in [0.25, 0.3) is 22.4 Å². The van der Waals surface area contributed by atoms with Crippen molar-refractivity contribution in [2.45, 2.75) is 38.8 Å². The summed E-state index contributed by atoms with van der Waals surface area (Å²) in [6, 6.07) is 11.5. The van der Waals surface area contributed by atoms with Crippen LogP contribution >= 0.6 is 11.3 Å². The van der Waals surface area contributed by atoms with Crippen LogP contribution in [0.1, 0.15) is 27.2 Å². The summed E-state index contributed by atoms with van der Waals surface area (Å²) in [4.78, 5) is 35.0. The van der Waals surface area contributed by atoms with Crippen LogP contribution in [0.2, 0.25) is 0 Å². The zero-order valence-electron chi connectivity index (χ0n) is 17.7. The second-order valence-electron chi connectivity index (χ2n) is 8.32. The number of nitrogens with zero attached hydrogens (tertiary/aromatic N) is 3. The second-order valence-corrected chi connectivity index (χ2v) is 9.18. The van der Waals surface area contributed by atoms with Gasteiger partial charge in [-0.1, -0.05) is 18.2 Å². The number of hydrogen-bond donors (Lipinski definition) is 1. The molecule has 1 saturated heterocycles. The molecule has 2 aromatic heterocycles. The summed E-state index contributed by atoms with van der Waals surface area (Å²) >= 11 is 1.36. The number of carbonyl (C=O) groups is 2. The molecule has 31 heavy (non-hydrogen) atoms. The Morgan fingerprint density at radius 3 is 2.55 bits per heavy atom. The molecular weight excluding hydrogens is 412 g/mol. The molecule has 1 aliphatic rings. The van der Waals surface area contributed by atoms with Crippen molar-refractivity contribution in [2.75, 3.05) is 11.9 Å². The maximum Gasteiger partial charge on any atom is 0.410 e. The summed E-state index contributed by atoms with van der Waals surface area (Å²) in [5.74, 6) is -0.247. The first-order valence-electron chi connectivity index (χ1n) is 10.1. The molecule has 3 aromatic rings. The predicted molar refractivity (Wildman–Crippen MR) is 121 cm³/mol. The van der Waals surface area contributed by atoms with E-state index in [0.717, 1.165) is 22.4 Å². The number of aromatic nitrogens is 2. The minimum atomic E-state index is -0.595. The van der Waals surface area contributed by atoms with Crippen molar-refractivity contribution >= 4 is 28.5 Å². The van der Waals surface area contributed by atoms with Gasteiger partial charge in [0.05, 0.1) is 5.69 Å². The van der Waals surface area contributed by atoms with Gasteiger partial charge in [0, 0.05) is 29.9 Å². The van der Waals surface area contributed by atoms with Gasteiger partial charge in [-0.3, -0.25) is 14.7 Å². The molecule has 0 unspecified atom stereocenters. The summed E-state index contributed by atoms with van der Waals surface area (Å²) in [6.07, 6.45) is 3.67. The van der Waals surface area contributed by atoms with E-state index in [1.807, 2.05) is 35.7 Å². The second kappa shape index (κ2) is 8.47. The van der Waals surface area contributed by atoms with Crippen LogP contribution in [-0.4, -0.2) is 45.1 Å². The number of anilines is 1. The third-order valence-electron chi connectivity index (χ3n) is 4.86. The number of thiazole rings is 1. The Bertz CT molecular complexity index is 1090. The fraction of sp³-hybridized carbons (Fsp3) is 0.304. The maximum atomic E-state index is 12.7. The highest BCUT2D eigenvalue weighted by molar-refractivity contribution is 7.14. The van der Waals surface area contributed by atoms with Gasteiger partial charge in [-0.25, -0.2) is 9.78 Å². The minimum absolute atomic E-state index is 0.247. The lowest BCUT2D eigenvalue weighted by Crippen LogP contribution is -2.57. The molecule has 7 nitrogen and oxygen atoms in total. The van der Waals surface area contributed by atoms with Gasteiger partial charge in [-0.15, -0.1) is 11.3 Å². The van der Waals surface area contributed by atoms with Gasteiger partial charge in [0.15, 0.2) is 5.13 Å². The van der Waals surface area contributed by atoms with Crippen LogP contribution in [0.4, 0.5) is 9.93 Å². The lowest BCUT2D eigenvalue weighted by atomic mass is 10.0. The van der Waals surface area contributed by atoms with E-state index >= 15 is 0 Å². The number of pyridine rings is 1. The van der Waals surface area contributed by atoms with E-state index in [9.17, 15) is 9.59 Å². The molecule has 0 radical (unpaired) electrons. The Morgan fingerprint density at radius 1 is 1.13 bits per heavy atom. The largest absolute Gasteiger partial charge is 0.444 e. The highest BCUT2D eigenvalue weighted by Crippen LogP contribution is 2.29. The summed E-state index contributed by atoms with van der Waals surface area (Å²) in [6.45, 7) is 5.93. The molecule has 2 amide bonds. The highest BCUT2D eigenvalue weighted by Gasteiger charge is 2.40. The van der Waals surface area contributed by atoms with Crippen molar-refractivity contribution in [1.29, 1.82) is 0 Å². The first-order valence-corrected chi connectivity index (χ1v) is 10.9. The fourth-order valence-corrected chi connectivity index (χ4v) is 3.98. The molecule has 1 fully saturated rings. The minimum Gasteiger partial charge on any atom is -0.444 e. The summed E-state index contributed by atoms with van der Waals surface area (Å²) in [5.41, 5.74) is 3.30. The van der Waals surface area contributed by atoms with E-state index in [1.165, 1.54) is 16.2 Å². The molecule has 0 spiro atoms. The summed E-state index contributed by atoms with van der Waals surface area (Å²) in [5, 5.41) is 5.25. The van der Waals surface area contributed by atoms with Crippen LogP contribution in [0, 0.1) is 0 Å². The van der Waals surface area contributed by atoms with Gasteiger partial charge in [0.1, 0.15) is 11.6 Å². The van der Waals surface area contributed by atoms with E-state index in [4.69, 9.17) is 4.74 Å². The summed E-state index contributed by atoms with van der Waals surface area (Å²) in [7, 11) is 0. The molecule has 0 bridgehead atoms. The normalized spacial score (nSPS) is 15.8. The number of ether oxygens (including phenoxy) is 1. The van der Waals surface area contributed by atoms with Gasteiger partial charge in [0.2, 0.25) is 5.91 Å². The monoisotopic (exact) mass is 436 g/mol. The van der Waals surface area contributed by atoms with E-state index in [1.54, 1.807) is 33.2 Å². The Labute approximate surface area is 185 Å². The van der Waals surface area contributed by atoms with E-state index in [-0.39, 0.29) is 5.91 Å². The third kappa shape index (κ3) is 4.91. The topological polar surface area (TPSA) is 84.4 Å². The molecular formula is C23H24N4O3S. The highest BCUT2D eigenvalue weighted by atomic mass is 32.1. The molecule has 8 heteroatoms. The first kappa shape index (κ1) is 21.0. The molecule has 160 valence electrons. The van der Waals surface area contributed by atoms with Crippen molar-refractivity contribution in [3.63, 3.8) is 0 Å². The predicted octanol–water partition coefficient (Wildman–Crippen LogP) is 4.82. The molecule has 3 heterocycles. The number of nitrogens with one attached hydrogen (secondary N) is 1. The molecule has 1 atom stereocenters. The van der Waals surface area contributed by atoms with Crippen molar-refractivity contribution in [2.24, 2.45) is 0 Å². The van der Waals surface area contributed by atoms with Gasteiger partial charge in [-0.05, 0) is 56.5 Å². The fourth-order valence-electron chi connectivity index (χ4n) is 3.25. The number of carbonyl (C=O) groups excluding carboxylic acids is 2. The average Bonchev–Trinajstić information content (AvgIpc) is 3.15. The number of benzene rings is 1. The van der Waals surface area contributed by atoms with Gasteiger partial charge >= 0.3 is 6.09 Å². The van der Waals surface area contributed by atoms with E-state index < -0.39 is 17.7 Å². The molecule has 1 aliphatic heterocycles. The molecule has 4 rings (SSSR count). The van der Waals surface area contributed by atoms with Gasteiger partial charge in [-0.2, -0.15) is 0 Å². The molecule has 1 aromatic carbocycles. The lowest BCUT2D eigenvalue weighted by Gasteiger charge is -2.39. The van der Waals surface area contributed by atoms with Crippen molar-refractivity contribution in [1.82, 2.24) is 14.9 Å². The lowest BCUT2D eigenvalue weighted by molar-refractivity contribution is -0.125. The average molecular weight is 437 g/mol. The third-order valence-corrected chi connectivity index (χ3v) is 5.61. The zero-order chi connectivity index (χ0) is 22.0. The quantitative estimate of drug-likeness (QED) is 0.634. The summed E-state index contributed by atoms with van der Waals surface area (Å²) < 4.78 is 5.37. The number of hydrogen-bond acceptors (Lipinski definition) is 6. The van der Waals surface area contributed by atoms with Crippen LogP contribution in [0.5, 0.6) is 0 Å². The first-order chi connectivity index (χ1) is 14.8. The van der Waals surface area contributed by atoms with Crippen molar-refractivity contribution in [3.8, 4) is 22.4 Å². The van der Waals surface area contributed by atoms with Gasteiger partial charge in [0.25, 0.3) is 0 Å². The maximum absolute atomic E-state index is 12.7. The molecule has 0 aliphatic carbocycles. The van der Waals surface area contributed by atoms with E-state index in [2.05, 4.69) is 21.4 Å². The Morgan fingerprint density at radius 2 is 1.87 bits per heavy atom. The van der Waals surface area contributed by atoms with Crippen LogP contribution in [0.3, 0.4) is 0 Å². The van der Waals surface area contributed by atoms with Crippen LogP contribution < -0.4 is 5.32 Å². The van der Waals surface area contributed by atoms with Crippen molar-refractivity contribution in [3.05, 3.63) is 54.2 Å². The number of amides is 2. The van der Waals surface area contributed by atoms with Gasteiger partial charge < -0.3 is 10.1 Å². The Hall–Kier alpha value is -3.26. The smallest absolute Gasteiger partial charge is 0.410 e. The molecule has 1 N–H and O–H groups in total. The van der Waals surface area contributed by atoms with E-state index in [0.29, 0.717) is 18.1 Å². The number of likely N-dealkylation sites (tertiary alicyclic amines) is 1. The number of rotatable bonds is 4. The SMILES string of the molecule is CC(C)(C)OC(=O)N1CC[C@@H]1C(=O)Nc1nc(-c2cccc(-c3ccncc3)c2)cs1. The van der Waals surface area contributed by atoms with Crippen LogP contribution in [0.15, 0.2) is 54.2 Å². The van der Waals surface area contributed by atoms with Crippen LogP contribution in [-0.2, 0) is 9.53 Å². The zero-order valence-corrected chi connectivity index (χ0v) is 18.5. The standard InChI is InChI=1S/C23H24N4O3S/c1-23(2,3)30-22(29)27-12-9-19(27)20(28)26-21-25-18(14-31-21)17-6-4-5-16(13-17)15-7-10-24-11-8-15/h4-8,10-11,13-14,19H,9,12H2,1-3H3,(H,25,26,28)/t19-/m1/s1. The molecule has 0 saturated carbocycles. The Balaban J connectivity index is 1.43.